The number of carboxylic acid groups (broad SMARTS) is 1. The van der Waals surface area contributed by atoms with Crippen LogP contribution in [-0.2, 0) is 14.3 Å². The lowest BCUT2D eigenvalue weighted by Crippen LogP contribution is -2.42. The molecule has 112 valence electrons. The number of carbonyl (C=O) groups is 2. The molecule has 0 saturated carbocycles. The summed E-state index contributed by atoms with van der Waals surface area (Å²) in [5, 5.41) is 9.29. The standard InChI is InChI=1S/C14H27NO4/c1-3-4-5-9-15(10-7-12-19-2)13(14(17)18)8-6-11-16/h11,13H,3-10,12H2,1-2H3,(H,17,18). The van der Waals surface area contributed by atoms with Gasteiger partial charge in [0.15, 0.2) is 0 Å². The number of methoxy groups -OCH3 is 1. The fraction of sp³-hybridized carbons (Fsp3) is 0.857. The molecule has 1 unspecified atom stereocenters. The van der Waals surface area contributed by atoms with E-state index in [2.05, 4.69) is 6.92 Å². The molecule has 0 heterocycles. The fourth-order valence-corrected chi connectivity index (χ4v) is 2.09. The van der Waals surface area contributed by atoms with Crippen molar-refractivity contribution in [3.63, 3.8) is 0 Å². The first-order valence-electron chi connectivity index (χ1n) is 7.06. The number of carboxylic acids is 1. The summed E-state index contributed by atoms with van der Waals surface area (Å²) >= 11 is 0. The summed E-state index contributed by atoms with van der Waals surface area (Å²) in [6.07, 6.45) is 5.49. The zero-order valence-corrected chi connectivity index (χ0v) is 12.1. The molecule has 1 N–H and O–H groups in total. The van der Waals surface area contributed by atoms with E-state index in [-0.39, 0.29) is 0 Å². The molecular formula is C14H27NO4. The van der Waals surface area contributed by atoms with E-state index < -0.39 is 12.0 Å². The van der Waals surface area contributed by atoms with Crippen LogP contribution < -0.4 is 0 Å². The van der Waals surface area contributed by atoms with E-state index in [0.717, 1.165) is 38.5 Å². The lowest BCUT2D eigenvalue weighted by Gasteiger charge is -2.28. The van der Waals surface area contributed by atoms with Crippen molar-refractivity contribution in [2.24, 2.45) is 0 Å². The van der Waals surface area contributed by atoms with E-state index in [1.54, 1.807) is 7.11 Å². The first-order valence-corrected chi connectivity index (χ1v) is 7.06. The first kappa shape index (κ1) is 18.1. The van der Waals surface area contributed by atoms with Crippen LogP contribution in [0, 0.1) is 0 Å². The van der Waals surface area contributed by atoms with Crippen molar-refractivity contribution in [1.29, 1.82) is 0 Å². The van der Waals surface area contributed by atoms with Crippen molar-refractivity contribution in [1.82, 2.24) is 4.90 Å². The average molecular weight is 273 g/mol. The highest BCUT2D eigenvalue weighted by Crippen LogP contribution is 2.10. The summed E-state index contributed by atoms with van der Waals surface area (Å²) in [5.41, 5.74) is 0. The molecule has 1 atom stereocenters. The molecule has 0 radical (unpaired) electrons. The van der Waals surface area contributed by atoms with Gasteiger partial charge in [0.05, 0.1) is 0 Å². The summed E-state index contributed by atoms with van der Waals surface area (Å²) in [4.78, 5) is 23.7. The molecule has 0 aliphatic carbocycles. The second kappa shape index (κ2) is 12.1. The van der Waals surface area contributed by atoms with Crippen molar-refractivity contribution in [3.8, 4) is 0 Å². The SMILES string of the molecule is CCCCCN(CCCOC)C(CCC=O)C(=O)O. The number of hydrogen-bond acceptors (Lipinski definition) is 4. The number of rotatable bonds is 13. The summed E-state index contributed by atoms with van der Waals surface area (Å²) in [5.74, 6) is -0.837. The molecule has 0 saturated heterocycles. The maximum atomic E-state index is 11.3. The van der Waals surface area contributed by atoms with Crippen LogP contribution in [0.5, 0.6) is 0 Å². The van der Waals surface area contributed by atoms with Crippen molar-refractivity contribution in [2.75, 3.05) is 26.8 Å². The quantitative estimate of drug-likeness (QED) is 0.410. The highest BCUT2D eigenvalue weighted by molar-refractivity contribution is 5.73. The second-order valence-electron chi connectivity index (χ2n) is 4.69. The second-order valence-corrected chi connectivity index (χ2v) is 4.69. The summed E-state index contributed by atoms with van der Waals surface area (Å²) in [6, 6.07) is -0.557. The fourth-order valence-electron chi connectivity index (χ4n) is 2.09. The van der Waals surface area contributed by atoms with E-state index in [0.29, 0.717) is 26.0 Å². The number of ether oxygens (including phenoxy) is 1. The Balaban J connectivity index is 4.42. The Hall–Kier alpha value is -0.940. The van der Waals surface area contributed by atoms with Gasteiger partial charge >= 0.3 is 5.97 Å². The molecule has 0 aromatic rings. The number of aldehydes is 1. The van der Waals surface area contributed by atoms with Gasteiger partial charge in [-0.05, 0) is 25.8 Å². The third-order valence-corrected chi connectivity index (χ3v) is 3.13. The molecule has 5 heteroatoms. The highest BCUT2D eigenvalue weighted by atomic mass is 16.5. The lowest BCUT2D eigenvalue weighted by atomic mass is 10.1. The largest absolute Gasteiger partial charge is 0.480 e. The van der Waals surface area contributed by atoms with Crippen LogP contribution in [0.25, 0.3) is 0 Å². The minimum atomic E-state index is -0.837. The minimum Gasteiger partial charge on any atom is -0.480 e. The van der Waals surface area contributed by atoms with Gasteiger partial charge in [0.25, 0.3) is 0 Å². The van der Waals surface area contributed by atoms with Crippen LogP contribution >= 0.6 is 0 Å². The van der Waals surface area contributed by atoms with Crippen LogP contribution in [0.2, 0.25) is 0 Å². The molecule has 0 aromatic carbocycles. The normalized spacial score (nSPS) is 12.6. The van der Waals surface area contributed by atoms with Crippen molar-refractivity contribution < 1.29 is 19.4 Å². The highest BCUT2D eigenvalue weighted by Gasteiger charge is 2.24. The summed E-state index contributed by atoms with van der Waals surface area (Å²) in [7, 11) is 1.64. The number of aliphatic carboxylic acids is 1. The lowest BCUT2D eigenvalue weighted by molar-refractivity contribution is -0.143. The Morgan fingerprint density at radius 3 is 2.53 bits per heavy atom. The average Bonchev–Trinajstić information content (AvgIpc) is 2.38. The van der Waals surface area contributed by atoms with Crippen LogP contribution in [0.15, 0.2) is 0 Å². The van der Waals surface area contributed by atoms with Crippen LogP contribution in [0.4, 0.5) is 0 Å². The predicted molar refractivity (Wildman–Crippen MR) is 74.3 cm³/mol. The molecule has 0 spiro atoms. The maximum Gasteiger partial charge on any atom is 0.320 e. The Bertz CT molecular complexity index is 236. The molecule has 0 aliphatic rings. The van der Waals surface area contributed by atoms with Gasteiger partial charge in [-0.15, -0.1) is 0 Å². The van der Waals surface area contributed by atoms with E-state index >= 15 is 0 Å². The molecule has 0 fully saturated rings. The Morgan fingerprint density at radius 1 is 1.32 bits per heavy atom. The van der Waals surface area contributed by atoms with E-state index in [1.165, 1.54) is 0 Å². The van der Waals surface area contributed by atoms with Gasteiger partial charge in [-0.2, -0.15) is 0 Å². The van der Waals surface area contributed by atoms with Crippen molar-refractivity contribution in [3.05, 3.63) is 0 Å². The first-order chi connectivity index (χ1) is 9.17. The summed E-state index contributed by atoms with van der Waals surface area (Å²) < 4.78 is 5.01. The molecular weight excluding hydrogens is 246 g/mol. The number of unbranched alkanes of at least 4 members (excludes halogenated alkanes) is 2. The van der Waals surface area contributed by atoms with Crippen LogP contribution in [0.1, 0.15) is 45.4 Å². The Morgan fingerprint density at radius 2 is 2.00 bits per heavy atom. The summed E-state index contributed by atoms with van der Waals surface area (Å²) in [6.45, 7) is 4.22. The van der Waals surface area contributed by atoms with Crippen molar-refractivity contribution in [2.45, 2.75) is 51.5 Å². The number of carbonyl (C=O) groups excluding carboxylic acids is 1. The zero-order chi connectivity index (χ0) is 14.5. The molecule has 0 rings (SSSR count). The third-order valence-electron chi connectivity index (χ3n) is 3.13. The zero-order valence-electron chi connectivity index (χ0n) is 12.1. The topological polar surface area (TPSA) is 66.8 Å². The number of hydrogen-bond donors (Lipinski definition) is 1. The van der Waals surface area contributed by atoms with E-state index in [1.807, 2.05) is 4.90 Å². The monoisotopic (exact) mass is 273 g/mol. The van der Waals surface area contributed by atoms with Gasteiger partial charge < -0.3 is 14.6 Å². The minimum absolute atomic E-state index is 0.297. The van der Waals surface area contributed by atoms with E-state index in [9.17, 15) is 14.7 Å². The van der Waals surface area contributed by atoms with Crippen molar-refractivity contribution >= 4 is 12.3 Å². The molecule has 0 amide bonds. The van der Waals surface area contributed by atoms with Crippen LogP contribution in [0.3, 0.4) is 0 Å². The Kier molecular flexibility index (Phi) is 11.5. The molecule has 5 nitrogen and oxygen atoms in total. The van der Waals surface area contributed by atoms with Gasteiger partial charge in [-0.3, -0.25) is 9.69 Å². The van der Waals surface area contributed by atoms with Crippen LogP contribution in [-0.4, -0.2) is 55.1 Å². The predicted octanol–water partition coefficient (Wildman–Crippen LogP) is 1.95. The maximum absolute atomic E-state index is 11.3. The van der Waals surface area contributed by atoms with E-state index in [4.69, 9.17) is 4.74 Å². The molecule has 0 aromatic heterocycles. The molecule has 0 aliphatic heterocycles. The van der Waals surface area contributed by atoms with Gasteiger partial charge in [0.2, 0.25) is 0 Å². The Labute approximate surface area is 115 Å². The van der Waals surface area contributed by atoms with Gasteiger partial charge in [0, 0.05) is 26.7 Å². The number of nitrogens with zero attached hydrogens (tertiary/aromatic N) is 1. The third kappa shape index (κ3) is 8.72. The smallest absolute Gasteiger partial charge is 0.320 e. The molecule has 19 heavy (non-hydrogen) atoms. The van der Waals surface area contributed by atoms with Gasteiger partial charge in [0.1, 0.15) is 12.3 Å². The van der Waals surface area contributed by atoms with Gasteiger partial charge in [-0.1, -0.05) is 19.8 Å². The van der Waals surface area contributed by atoms with Gasteiger partial charge in [-0.25, -0.2) is 0 Å². The molecule has 0 bridgehead atoms.